The molecule has 22 heavy (non-hydrogen) atoms. The van der Waals surface area contributed by atoms with Gasteiger partial charge in [-0.25, -0.2) is 9.78 Å². The third-order valence-corrected chi connectivity index (χ3v) is 3.60. The van der Waals surface area contributed by atoms with Gasteiger partial charge in [0, 0.05) is 0 Å². The van der Waals surface area contributed by atoms with Gasteiger partial charge in [-0.05, 0) is 39.2 Å². The fraction of sp³-hybridized carbons (Fsp3) is 0.412. The maximum atomic E-state index is 12.0. The number of carbonyl (C=O) groups excluding carboxylic acids is 1. The first kappa shape index (κ1) is 14.6. The standard InChI is InChI=1S/C17H21N3O2/c1-16(2,3)22-15(21)20-17(9-10-17)14-18-11-13(19-14)12-7-5-4-6-8-12/h4-8,11H,9-10H2,1-3H3,(H,18,19)(H,20,21). The van der Waals surface area contributed by atoms with Crippen molar-refractivity contribution < 1.29 is 9.53 Å². The van der Waals surface area contributed by atoms with Crippen molar-refractivity contribution in [3.63, 3.8) is 0 Å². The zero-order valence-electron chi connectivity index (χ0n) is 13.1. The number of H-pyrrole nitrogens is 1. The average Bonchev–Trinajstić information content (AvgIpc) is 3.03. The van der Waals surface area contributed by atoms with Crippen LogP contribution >= 0.6 is 0 Å². The van der Waals surface area contributed by atoms with E-state index >= 15 is 0 Å². The van der Waals surface area contributed by atoms with E-state index in [1.165, 1.54) is 0 Å². The molecule has 2 aromatic rings. The quantitative estimate of drug-likeness (QED) is 0.910. The number of amides is 1. The Hall–Kier alpha value is -2.30. The predicted molar refractivity (Wildman–Crippen MR) is 84.3 cm³/mol. The number of ether oxygens (including phenoxy) is 1. The van der Waals surface area contributed by atoms with Gasteiger partial charge in [0.1, 0.15) is 17.0 Å². The van der Waals surface area contributed by atoms with E-state index in [0.717, 1.165) is 29.9 Å². The third-order valence-electron chi connectivity index (χ3n) is 3.60. The summed E-state index contributed by atoms with van der Waals surface area (Å²) in [6.07, 6.45) is 3.14. The van der Waals surface area contributed by atoms with Crippen molar-refractivity contribution in [1.82, 2.24) is 15.3 Å². The molecule has 0 bridgehead atoms. The first-order chi connectivity index (χ1) is 10.4. The van der Waals surface area contributed by atoms with Gasteiger partial charge in [-0.1, -0.05) is 30.3 Å². The normalized spacial score (nSPS) is 16.1. The van der Waals surface area contributed by atoms with Gasteiger partial charge in [-0.15, -0.1) is 0 Å². The van der Waals surface area contributed by atoms with E-state index in [1.54, 1.807) is 0 Å². The Balaban J connectivity index is 1.74. The van der Waals surface area contributed by atoms with E-state index in [1.807, 2.05) is 57.3 Å². The smallest absolute Gasteiger partial charge is 0.408 e. The molecule has 5 heteroatoms. The summed E-state index contributed by atoms with van der Waals surface area (Å²) < 4.78 is 5.33. The van der Waals surface area contributed by atoms with Crippen LogP contribution in [0.25, 0.3) is 11.3 Å². The zero-order chi connectivity index (χ0) is 15.8. The van der Waals surface area contributed by atoms with E-state index in [9.17, 15) is 4.79 Å². The minimum atomic E-state index is -0.501. The van der Waals surface area contributed by atoms with Crippen LogP contribution in [0.1, 0.15) is 39.4 Å². The molecule has 5 nitrogen and oxygen atoms in total. The second-order valence-electron chi connectivity index (χ2n) is 6.72. The van der Waals surface area contributed by atoms with Crippen molar-refractivity contribution in [3.8, 4) is 11.3 Å². The van der Waals surface area contributed by atoms with Crippen molar-refractivity contribution in [2.45, 2.75) is 44.8 Å². The van der Waals surface area contributed by atoms with Crippen LogP contribution in [0, 0.1) is 0 Å². The molecule has 1 saturated carbocycles. The van der Waals surface area contributed by atoms with E-state index in [-0.39, 0.29) is 0 Å². The molecule has 2 N–H and O–H groups in total. The summed E-state index contributed by atoms with van der Waals surface area (Å²) in [6, 6.07) is 10.0. The molecule has 1 aliphatic rings. The molecule has 1 aliphatic carbocycles. The molecule has 1 heterocycles. The number of aromatic nitrogens is 2. The second-order valence-corrected chi connectivity index (χ2v) is 6.72. The van der Waals surface area contributed by atoms with Crippen LogP contribution in [0.2, 0.25) is 0 Å². The monoisotopic (exact) mass is 299 g/mol. The maximum absolute atomic E-state index is 12.0. The number of hydrogen-bond donors (Lipinski definition) is 2. The second kappa shape index (κ2) is 5.16. The lowest BCUT2D eigenvalue weighted by Crippen LogP contribution is -2.39. The van der Waals surface area contributed by atoms with Gasteiger partial charge in [0.2, 0.25) is 0 Å². The van der Waals surface area contributed by atoms with Crippen LogP contribution in [0.5, 0.6) is 0 Å². The Labute approximate surface area is 130 Å². The lowest BCUT2D eigenvalue weighted by molar-refractivity contribution is 0.0492. The molecule has 1 aromatic heterocycles. The molecular weight excluding hydrogens is 278 g/mol. The van der Waals surface area contributed by atoms with Gasteiger partial charge in [0.15, 0.2) is 0 Å². The number of rotatable bonds is 3. The van der Waals surface area contributed by atoms with Gasteiger partial charge in [0.05, 0.1) is 11.9 Å². The number of carbonyl (C=O) groups is 1. The molecule has 0 atom stereocenters. The van der Waals surface area contributed by atoms with Gasteiger partial charge in [-0.2, -0.15) is 0 Å². The molecule has 0 aliphatic heterocycles. The Bertz CT molecular complexity index is 667. The SMILES string of the molecule is CC(C)(C)OC(=O)NC1(c2ncc(-c3ccccc3)[nH]2)CC1. The molecule has 1 fully saturated rings. The minimum absolute atomic E-state index is 0.400. The van der Waals surface area contributed by atoms with E-state index in [0.29, 0.717) is 0 Å². The van der Waals surface area contributed by atoms with Gasteiger partial charge >= 0.3 is 6.09 Å². The van der Waals surface area contributed by atoms with E-state index in [4.69, 9.17) is 4.74 Å². The maximum Gasteiger partial charge on any atom is 0.408 e. The zero-order valence-corrected chi connectivity index (χ0v) is 13.1. The van der Waals surface area contributed by atoms with Crippen LogP contribution < -0.4 is 5.32 Å². The highest BCUT2D eigenvalue weighted by molar-refractivity contribution is 5.70. The highest BCUT2D eigenvalue weighted by atomic mass is 16.6. The fourth-order valence-electron chi connectivity index (χ4n) is 2.37. The lowest BCUT2D eigenvalue weighted by Gasteiger charge is -2.22. The van der Waals surface area contributed by atoms with Crippen LogP contribution in [-0.4, -0.2) is 21.7 Å². The van der Waals surface area contributed by atoms with Crippen LogP contribution in [0.3, 0.4) is 0 Å². The largest absolute Gasteiger partial charge is 0.444 e. The van der Waals surface area contributed by atoms with Crippen molar-refractivity contribution in [3.05, 3.63) is 42.4 Å². The van der Waals surface area contributed by atoms with E-state index < -0.39 is 17.2 Å². The number of aromatic amines is 1. The molecule has 1 aromatic carbocycles. The molecule has 3 rings (SSSR count). The molecule has 0 unspecified atom stereocenters. The summed E-state index contributed by atoms with van der Waals surface area (Å²) in [7, 11) is 0. The summed E-state index contributed by atoms with van der Waals surface area (Å²) in [5.41, 5.74) is 1.12. The third kappa shape index (κ3) is 3.13. The molecule has 116 valence electrons. The first-order valence-corrected chi connectivity index (χ1v) is 7.50. The van der Waals surface area contributed by atoms with Crippen LogP contribution in [0.15, 0.2) is 36.5 Å². The highest BCUT2D eigenvalue weighted by Gasteiger charge is 2.49. The first-order valence-electron chi connectivity index (χ1n) is 7.50. The Kier molecular flexibility index (Phi) is 3.43. The average molecular weight is 299 g/mol. The minimum Gasteiger partial charge on any atom is -0.444 e. The van der Waals surface area contributed by atoms with Gasteiger partial charge < -0.3 is 15.0 Å². The Morgan fingerprint density at radius 3 is 2.55 bits per heavy atom. The molecule has 1 amide bonds. The van der Waals surface area contributed by atoms with Crippen molar-refractivity contribution in [2.24, 2.45) is 0 Å². The summed E-state index contributed by atoms with van der Waals surface area (Å²) in [5, 5.41) is 2.95. The Morgan fingerprint density at radius 2 is 1.95 bits per heavy atom. The summed E-state index contributed by atoms with van der Waals surface area (Å²) in [4.78, 5) is 19.8. The molecular formula is C17H21N3O2. The number of imidazole rings is 1. The number of nitrogens with zero attached hydrogens (tertiary/aromatic N) is 1. The summed E-state index contributed by atoms with van der Waals surface area (Å²) in [6.45, 7) is 5.56. The highest BCUT2D eigenvalue weighted by Crippen LogP contribution is 2.44. The van der Waals surface area contributed by atoms with Gasteiger partial charge in [0.25, 0.3) is 0 Å². The summed E-state index contributed by atoms with van der Waals surface area (Å²) in [5.74, 6) is 0.789. The molecule has 0 spiro atoms. The van der Waals surface area contributed by atoms with E-state index in [2.05, 4.69) is 15.3 Å². The fourth-order valence-corrected chi connectivity index (χ4v) is 2.37. The number of alkyl carbamates (subject to hydrolysis) is 1. The van der Waals surface area contributed by atoms with Crippen LogP contribution in [-0.2, 0) is 10.3 Å². The van der Waals surface area contributed by atoms with Crippen LogP contribution in [0.4, 0.5) is 4.79 Å². The van der Waals surface area contributed by atoms with Crippen molar-refractivity contribution in [2.75, 3.05) is 0 Å². The number of nitrogens with one attached hydrogen (secondary N) is 2. The van der Waals surface area contributed by atoms with Crippen molar-refractivity contribution >= 4 is 6.09 Å². The van der Waals surface area contributed by atoms with Crippen molar-refractivity contribution in [1.29, 1.82) is 0 Å². The Morgan fingerprint density at radius 1 is 1.27 bits per heavy atom. The number of hydrogen-bond acceptors (Lipinski definition) is 3. The number of benzene rings is 1. The molecule has 0 radical (unpaired) electrons. The van der Waals surface area contributed by atoms with Gasteiger partial charge in [-0.3, -0.25) is 0 Å². The predicted octanol–water partition coefficient (Wildman–Crippen LogP) is 3.59. The molecule has 0 saturated heterocycles. The summed E-state index contributed by atoms with van der Waals surface area (Å²) >= 11 is 0. The lowest BCUT2D eigenvalue weighted by atomic mass is 10.2. The topological polar surface area (TPSA) is 67.0 Å².